The van der Waals surface area contributed by atoms with E-state index in [9.17, 15) is 0 Å². The zero-order valence-electron chi connectivity index (χ0n) is 15.0. The van der Waals surface area contributed by atoms with Crippen molar-refractivity contribution >= 4 is 0 Å². The van der Waals surface area contributed by atoms with Gasteiger partial charge in [-0.25, -0.2) is 0 Å². The van der Waals surface area contributed by atoms with Gasteiger partial charge in [0.2, 0.25) is 0 Å². The van der Waals surface area contributed by atoms with Crippen LogP contribution in [0, 0.1) is 0 Å². The summed E-state index contributed by atoms with van der Waals surface area (Å²) in [6, 6.07) is 25.1. The maximum atomic E-state index is 8.65. The van der Waals surface area contributed by atoms with Crippen molar-refractivity contribution < 1.29 is 24.4 Å². The monoisotopic (exact) mass is 368 g/mol. The summed E-state index contributed by atoms with van der Waals surface area (Å²) in [5, 5.41) is 17.3. The van der Waals surface area contributed by atoms with E-state index in [4.69, 9.17) is 24.4 Å². The largest absolute Gasteiger partial charge is 0.508 e. The molecule has 0 radical (unpaired) electrons. The molecule has 5 heteroatoms. The van der Waals surface area contributed by atoms with Gasteiger partial charge in [-0.1, -0.05) is 36.4 Å². The number of hydrogen-bond donors (Lipinski definition) is 2. The zero-order chi connectivity index (χ0) is 19.2. The van der Waals surface area contributed by atoms with E-state index in [0.717, 1.165) is 11.5 Å². The number of phenols is 2. The van der Waals surface area contributed by atoms with Crippen LogP contribution in [0.3, 0.4) is 0 Å². The Morgan fingerprint density at radius 3 is 1.22 bits per heavy atom. The molecule has 0 saturated carbocycles. The van der Waals surface area contributed by atoms with Crippen LogP contribution in [0.4, 0.5) is 0 Å². The summed E-state index contributed by atoms with van der Waals surface area (Å²) in [5.74, 6) is 2.07. The molecule has 0 unspecified atom stereocenters. The highest BCUT2D eigenvalue weighted by atomic mass is 16.5. The van der Waals surface area contributed by atoms with Crippen molar-refractivity contribution in [2.24, 2.45) is 0 Å². The molecule has 3 aromatic carbocycles. The molecule has 2 N–H and O–H groups in total. The molecule has 3 rings (SSSR count). The molecule has 0 atom stereocenters. The average Bonchev–Trinajstić information content (AvgIpc) is 2.71. The van der Waals surface area contributed by atoms with E-state index in [2.05, 4.69) is 0 Å². The molecule has 0 amide bonds. The first-order valence-corrected chi connectivity index (χ1v) is 8.65. The molecular weight excluding hydrogens is 344 g/mol. The molecule has 0 aliphatic heterocycles. The van der Waals surface area contributed by atoms with E-state index in [-0.39, 0.29) is 11.5 Å². The number of para-hydroxylation sites is 2. The molecule has 0 aromatic heterocycles. The summed E-state index contributed by atoms with van der Waals surface area (Å²) in [6.45, 7) is 2.23. The van der Waals surface area contributed by atoms with E-state index in [1.54, 1.807) is 0 Å². The Morgan fingerprint density at radius 1 is 0.481 bits per heavy atom. The summed E-state index contributed by atoms with van der Waals surface area (Å²) in [5.41, 5.74) is 0. The average molecular weight is 368 g/mol. The third-order valence-electron chi connectivity index (χ3n) is 3.33. The van der Waals surface area contributed by atoms with Crippen LogP contribution in [-0.4, -0.2) is 36.6 Å². The van der Waals surface area contributed by atoms with Crippen molar-refractivity contribution in [3.05, 3.63) is 84.9 Å². The fraction of sp³-hybridized carbons (Fsp3) is 0.182. The molecular formula is C22H24O5. The Balaban J connectivity index is 0.000000273. The summed E-state index contributed by atoms with van der Waals surface area (Å²) < 4.78 is 16.4. The van der Waals surface area contributed by atoms with Gasteiger partial charge in [-0.15, -0.1) is 0 Å². The number of phenolic OH excluding ortho intramolecular Hbond substituents is 2. The summed E-state index contributed by atoms with van der Waals surface area (Å²) in [4.78, 5) is 0. The number of aromatic hydroxyl groups is 2. The van der Waals surface area contributed by atoms with E-state index in [0.29, 0.717) is 26.4 Å². The second kappa shape index (κ2) is 12.2. The van der Waals surface area contributed by atoms with Gasteiger partial charge in [-0.2, -0.15) is 0 Å². The second-order valence-corrected chi connectivity index (χ2v) is 5.45. The van der Waals surface area contributed by atoms with Crippen LogP contribution in [-0.2, 0) is 4.74 Å². The van der Waals surface area contributed by atoms with Crippen LogP contribution in [0.25, 0.3) is 0 Å². The van der Waals surface area contributed by atoms with Crippen molar-refractivity contribution in [3.63, 3.8) is 0 Å². The smallest absolute Gasteiger partial charge is 0.119 e. The fourth-order valence-corrected chi connectivity index (χ4v) is 2.03. The summed E-state index contributed by atoms with van der Waals surface area (Å²) in [7, 11) is 0. The highest BCUT2D eigenvalue weighted by molar-refractivity contribution is 5.28. The molecule has 3 aromatic rings. The van der Waals surface area contributed by atoms with Gasteiger partial charge in [0.1, 0.15) is 36.2 Å². The van der Waals surface area contributed by atoms with Crippen molar-refractivity contribution in [1.82, 2.24) is 0 Å². The van der Waals surface area contributed by atoms with Crippen LogP contribution in [0.2, 0.25) is 0 Å². The SMILES string of the molecule is Oc1ccc(O)cc1.c1ccc(OCCOCCOc2ccccc2)cc1. The molecule has 0 saturated heterocycles. The Morgan fingerprint density at radius 2 is 0.852 bits per heavy atom. The maximum absolute atomic E-state index is 8.65. The van der Waals surface area contributed by atoms with Crippen LogP contribution in [0.5, 0.6) is 23.0 Å². The minimum Gasteiger partial charge on any atom is -0.508 e. The first-order valence-electron chi connectivity index (χ1n) is 8.65. The first-order chi connectivity index (χ1) is 13.2. The predicted molar refractivity (Wildman–Crippen MR) is 104 cm³/mol. The van der Waals surface area contributed by atoms with Gasteiger partial charge in [0.15, 0.2) is 0 Å². The number of ether oxygens (including phenoxy) is 3. The molecule has 5 nitrogen and oxygen atoms in total. The zero-order valence-corrected chi connectivity index (χ0v) is 15.0. The minimum atomic E-state index is 0.169. The standard InChI is InChI=1S/C16H18O3.C6H6O2/c1-3-7-15(8-4-1)18-13-11-17-12-14-19-16-9-5-2-6-10-16;7-5-1-2-6(8)4-3-5/h1-10H,11-14H2;1-4,7-8H. The highest BCUT2D eigenvalue weighted by Gasteiger charge is 1.94. The third kappa shape index (κ3) is 9.18. The summed E-state index contributed by atoms with van der Waals surface area (Å²) in [6.07, 6.45) is 0. The van der Waals surface area contributed by atoms with Crippen LogP contribution < -0.4 is 9.47 Å². The second-order valence-electron chi connectivity index (χ2n) is 5.45. The van der Waals surface area contributed by atoms with Gasteiger partial charge in [0.05, 0.1) is 13.2 Å². The Bertz CT molecular complexity index is 665. The molecule has 0 spiro atoms. The Kier molecular flexibility index (Phi) is 9.11. The quantitative estimate of drug-likeness (QED) is 0.459. The van der Waals surface area contributed by atoms with Crippen molar-refractivity contribution in [3.8, 4) is 23.0 Å². The van der Waals surface area contributed by atoms with Crippen LogP contribution in [0.15, 0.2) is 84.9 Å². The lowest BCUT2D eigenvalue weighted by molar-refractivity contribution is 0.0764. The highest BCUT2D eigenvalue weighted by Crippen LogP contribution is 2.13. The van der Waals surface area contributed by atoms with E-state index in [1.165, 1.54) is 24.3 Å². The third-order valence-corrected chi connectivity index (χ3v) is 3.33. The van der Waals surface area contributed by atoms with Gasteiger partial charge in [0.25, 0.3) is 0 Å². The molecule has 0 bridgehead atoms. The van der Waals surface area contributed by atoms with Crippen molar-refractivity contribution in [2.75, 3.05) is 26.4 Å². The van der Waals surface area contributed by atoms with Crippen molar-refractivity contribution in [1.29, 1.82) is 0 Å². The van der Waals surface area contributed by atoms with E-state index in [1.807, 2.05) is 60.7 Å². The molecule has 0 aliphatic carbocycles. The van der Waals surface area contributed by atoms with Gasteiger partial charge < -0.3 is 24.4 Å². The molecule has 27 heavy (non-hydrogen) atoms. The van der Waals surface area contributed by atoms with Gasteiger partial charge in [-0.3, -0.25) is 0 Å². The maximum Gasteiger partial charge on any atom is 0.119 e. The molecule has 0 heterocycles. The number of hydrogen-bond acceptors (Lipinski definition) is 5. The Hall–Kier alpha value is -3.18. The van der Waals surface area contributed by atoms with Crippen LogP contribution >= 0.6 is 0 Å². The van der Waals surface area contributed by atoms with Gasteiger partial charge >= 0.3 is 0 Å². The van der Waals surface area contributed by atoms with Gasteiger partial charge in [-0.05, 0) is 48.5 Å². The molecule has 0 aliphatic rings. The lowest BCUT2D eigenvalue weighted by Gasteiger charge is -2.08. The first kappa shape index (κ1) is 20.1. The minimum absolute atomic E-state index is 0.169. The fourth-order valence-electron chi connectivity index (χ4n) is 2.03. The predicted octanol–water partition coefficient (Wildman–Crippen LogP) is 4.26. The number of rotatable bonds is 8. The van der Waals surface area contributed by atoms with Crippen LogP contribution in [0.1, 0.15) is 0 Å². The molecule has 142 valence electrons. The molecule has 0 fully saturated rings. The topological polar surface area (TPSA) is 68.2 Å². The van der Waals surface area contributed by atoms with E-state index < -0.39 is 0 Å². The van der Waals surface area contributed by atoms with E-state index >= 15 is 0 Å². The summed E-state index contributed by atoms with van der Waals surface area (Å²) >= 11 is 0. The number of benzene rings is 3. The normalized spacial score (nSPS) is 9.78. The lowest BCUT2D eigenvalue weighted by Crippen LogP contribution is -2.12. The Labute approximate surface area is 159 Å². The van der Waals surface area contributed by atoms with Crippen molar-refractivity contribution in [2.45, 2.75) is 0 Å². The lowest BCUT2D eigenvalue weighted by atomic mass is 10.3. The van der Waals surface area contributed by atoms with Gasteiger partial charge in [0, 0.05) is 0 Å².